The third kappa shape index (κ3) is 4.68. The molecular formula is C9H14BrClN2O2. The summed E-state index contributed by atoms with van der Waals surface area (Å²) in [5.74, 6) is -0.124. The van der Waals surface area contributed by atoms with Gasteiger partial charge in [0.15, 0.2) is 4.67 Å². The molecule has 1 aromatic rings. The van der Waals surface area contributed by atoms with Crippen LogP contribution in [-0.2, 0) is 0 Å². The summed E-state index contributed by atoms with van der Waals surface area (Å²) in [6, 6.07) is 1.90. The Morgan fingerprint density at radius 1 is 1.67 bits per heavy atom. The predicted molar refractivity (Wildman–Crippen MR) is 64.5 cm³/mol. The van der Waals surface area contributed by atoms with E-state index in [9.17, 15) is 4.79 Å². The Balaban J connectivity index is 0.00000196. The number of halogens is 2. The van der Waals surface area contributed by atoms with Crippen molar-refractivity contribution in [3.05, 3.63) is 22.6 Å². The SMILES string of the molecule is CNC(C)CNC(=O)c1coc(Br)c1.Cl. The van der Waals surface area contributed by atoms with Crippen LogP contribution in [0.4, 0.5) is 0 Å². The van der Waals surface area contributed by atoms with Gasteiger partial charge in [-0.3, -0.25) is 4.79 Å². The Morgan fingerprint density at radius 3 is 2.80 bits per heavy atom. The fraction of sp³-hybridized carbons (Fsp3) is 0.444. The van der Waals surface area contributed by atoms with Crippen molar-refractivity contribution in [1.82, 2.24) is 10.6 Å². The lowest BCUT2D eigenvalue weighted by Crippen LogP contribution is -2.36. The molecule has 4 nitrogen and oxygen atoms in total. The van der Waals surface area contributed by atoms with Crippen LogP contribution in [0.15, 0.2) is 21.4 Å². The largest absolute Gasteiger partial charge is 0.457 e. The Labute approximate surface area is 103 Å². The van der Waals surface area contributed by atoms with E-state index < -0.39 is 0 Å². The van der Waals surface area contributed by atoms with Crippen LogP contribution in [0.2, 0.25) is 0 Å². The maximum Gasteiger partial charge on any atom is 0.254 e. The van der Waals surface area contributed by atoms with Crippen LogP contribution < -0.4 is 10.6 Å². The molecule has 15 heavy (non-hydrogen) atoms. The van der Waals surface area contributed by atoms with Crippen molar-refractivity contribution in [2.45, 2.75) is 13.0 Å². The predicted octanol–water partition coefficient (Wildman–Crippen LogP) is 1.80. The van der Waals surface area contributed by atoms with E-state index in [0.29, 0.717) is 16.8 Å². The van der Waals surface area contributed by atoms with E-state index in [4.69, 9.17) is 4.42 Å². The van der Waals surface area contributed by atoms with Gasteiger partial charge in [-0.15, -0.1) is 12.4 Å². The monoisotopic (exact) mass is 296 g/mol. The lowest BCUT2D eigenvalue weighted by Gasteiger charge is -2.10. The molecule has 6 heteroatoms. The fourth-order valence-electron chi connectivity index (χ4n) is 0.879. The Kier molecular flexibility index (Phi) is 6.63. The molecule has 2 N–H and O–H groups in total. The zero-order chi connectivity index (χ0) is 10.6. The molecule has 0 bridgehead atoms. The minimum atomic E-state index is -0.124. The van der Waals surface area contributed by atoms with Gasteiger partial charge in [0.2, 0.25) is 0 Å². The Bertz CT molecular complexity index is 317. The van der Waals surface area contributed by atoms with Gasteiger partial charge in [-0.25, -0.2) is 0 Å². The molecule has 0 radical (unpaired) electrons. The first-order valence-corrected chi connectivity index (χ1v) is 5.12. The number of rotatable bonds is 4. The molecule has 1 amide bonds. The van der Waals surface area contributed by atoms with E-state index >= 15 is 0 Å². The van der Waals surface area contributed by atoms with E-state index in [1.165, 1.54) is 6.26 Å². The zero-order valence-electron chi connectivity index (χ0n) is 8.54. The van der Waals surface area contributed by atoms with E-state index in [-0.39, 0.29) is 24.4 Å². The first-order valence-electron chi connectivity index (χ1n) is 4.33. The number of hydrogen-bond donors (Lipinski definition) is 2. The molecule has 0 aliphatic rings. The molecule has 0 fully saturated rings. The molecule has 0 aliphatic carbocycles. The molecule has 86 valence electrons. The van der Waals surface area contributed by atoms with Crippen LogP contribution in [0.25, 0.3) is 0 Å². The quantitative estimate of drug-likeness (QED) is 0.891. The minimum absolute atomic E-state index is 0. The molecule has 1 unspecified atom stereocenters. The van der Waals surface area contributed by atoms with Crippen molar-refractivity contribution in [3.8, 4) is 0 Å². The molecule has 1 rings (SSSR count). The molecule has 1 heterocycles. The van der Waals surface area contributed by atoms with Gasteiger partial charge >= 0.3 is 0 Å². The van der Waals surface area contributed by atoms with Gasteiger partial charge in [-0.05, 0) is 29.9 Å². The second-order valence-corrected chi connectivity index (χ2v) is 3.82. The van der Waals surface area contributed by atoms with Gasteiger partial charge in [0.1, 0.15) is 6.26 Å². The van der Waals surface area contributed by atoms with Crippen LogP contribution >= 0.6 is 28.3 Å². The number of hydrogen-bond acceptors (Lipinski definition) is 3. The van der Waals surface area contributed by atoms with Crippen LogP contribution in [0.3, 0.4) is 0 Å². The summed E-state index contributed by atoms with van der Waals surface area (Å²) in [4.78, 5) is 11.5. The number of carbonyl (C=O) groups is 1. The van der Waals surface area contributed by atoms with Crippen molar-refractivity contribution < 1.29 is 9.21 Å². The number of likely N-dealkylation sites (N-methyl/N-ethyl adjacent to an activating group) is 1. The van der Waals surface area contributed by atoms with Crippen LogP contribution in [0.1, 0.15) is 17.3 Å². The maximum absolute atomic E-state index is 11.5. The van der Waals surface area contributed by atoms with E-state index in [1.807, 2.05) is 14.0 Å². The van der Waals surface area contributed by atoms with E-state index in [2.05, 4.69) is 26.6 Å². The summed E-state index contributed by atoms with van der Waals surface area (Å²) in [6.45, 7) is 2.59. The maximum atomic E-state index is 11.5. The van der Waals surface area contributed by atoms with E-state index in [0.717, 1.165) is 0 Å². The fourth-order valence-corrected chi connectivity index (χ4v) is 1.22. The molecular weight excluding hydrogens is 283 g/mol. The normalized spacial score (nSPS) is 11.7. The van der Waals surface area contributed by atoms with Gasteiger partial charge < -0.3 is 15.1 Å². The third-order valence-corrected chi connectivity index (χ3v) is 2.31. The lowest BCUT2D eigenvalue weighted by molar-refractivity contribution is 0.0950. The zero-order valence-corrected chi connectivity index (χ0v) is 10.9. The summed E-state index contributed by atoms with van der Waals surface area (Å²) in [5.41, 5.74) is 0.528. The topological polar surface area (TPSA) is 54.3 Å². The van der Waals surface area contributed by atoms with Crippen molar-refractivity contribution in [1.29, 1.82) is 0 Å². The molecule has 0 aliphatic heterocycles. The second kappa shape index (κ2) is 6.87. The minimum Gasteiger partial charge on any atom is -0.457 e. The molecule has 0 saturated heterocycles. The highest BCUT2D eigenvalue weighted by atomic mass is 79.9. The highest BCUT2D eigenvalue weighted by molar-refractivity contribution is 9.10. The number of furan rings is 1. The Hall–Kier alpha value is -0.520. The molecule has 0 spiro atoms. The molecule has 0 aromatic carbocycles. The summed E-state index contributed by atoms with van der Waals surface area (Å²) in [6.07, 6.45) is 1.42. The molecule has 1 atom stereocenters. The highest BCUT2D eigenvalue weighted by Crippen LogP contribution is 2.13. The summed E-state index contributed by atoms with van der Waals surface area (Å²) < 4.78 is 5.52. The van der Waals surface area contributed by atoms with Crippen molar-refractivity contribution in [3.63, 3.8) is 0 Å². The van der Waals surface area contributed by atoms with Crippen molar-refractivity contribution in [2.75, 3.05) is 13.6 Å². The number of nitrogens with one attached hydrogen (secondary N) is 2. The van der Waals surface area contributed by atoms with Gasteiger partial charge in [0, 0.05) is 18.7 Å². The first kappa shape index (κ1) is 14.5. The lowest BCUT2D eigenvalue weighted by atomic mass is 10.3. The van der Waals surface area contributed by atoms with Gasteiger partial charge in [-0.2, -0.15) is 0 Å². The molecule has 0 saturated carbocycles. The van der Waals surface area contributed by atoms with Gasteiger partial charge in [0.25, 0.3) is 5.91 Å². The number of carbonyl (C=O) groups excluding carboxylic acids is 1. The van der Waals surface area contributed by atoms with Gasteiger partial charge in [-0.1, -0.05) is 0 Å². The first-order chi connectivity index (χ1) is 6.63. The third-order valence-electron chi connectivity index (χ3n) is 1.89. The average molecular weight is 298 g/mol. The number of amides is 1. The van der Waals surface area contributed by atoms with Crippen molar-refractivity contribution >= 4 is 34.2 Å². The van der Waals surface area contributed by atoms with Crippen molar-refractivity contribution in [2.24, 2.45) is 0 Å². The average Bonchev–Trinajstić information content (AvgIpc) is 2.60. The van der Waals surface area contributed by atoms with Gasteiger partial charge in [0.05, 0.1) is 5.56 Å². The summed E-state index contributed by atoms with van der Waals surface area (Å²) >= 11 is 3.14. The van der Waals surface area contributed by atoms with Crippen LogP contribution in [0.5, 0.6) is 0 Å². The second-order valence-electron chi connectivity index (χ2n) is 3.04. The van der Waals surface area contributed by atoms with Crippen LogP contribution in [0, 0.1) is 0 Å². The van der Waals surface area contributed by atoms with E-state index in [1.54, 1.807) is 6.07 Å². The summed E-state index contributed by atoms with van der Waals surface area (Å²) in [5, 5.41) is 5.81. The molecule has 1 aromatic heterocycles. The Morgan fingerprint density at radius 2 is 2.33 bits per heavy atom. The smallest absolute Gasteiger partial charge is 0.254 e. The highest BCUT2D eigenvalue weighted by Gasteiger charge is 2.09. The summed E-state index contributed by atoms with van der Waals surface area (Å²) in [7, 11) is 1.85. The standard InChI is InChI=1S/C9H13BrN2O2.ClH/c1-6(11-2)4-12-9(13)7-3-8(10)14-5-7;/h3,5-6,11H,4H2,1-2H3,(H,12,13);1H. The van der Waals surface area contributed by atoms with Crippen LogP contribution in [-0.4, -0.2) is 25.5 Å².